The van der Waals surface area contributed by atoms with Gasteiger partial charge in [-0.1, -0.05) is 35.9 Å². The molecule has 1 fully saturated rings. The first-order valence-corrected chi connectivity index (χ1v) is 8.66. The van der Waals surface area contributed by atoms with Crippen molar-refractivity contribution in [2.75, 3.05) is 0 Å². The van der Waals surface area contributed by atoms with Gasteiger partial charge in [0.25, 0.3) is 0 Å². The van der Waals surface area contributed by atoms with Gasteiger partial charge in [-0.15, -0.1) is 11.3 Å². The fraction of sp³-hybridized carbons (Fsp3) is 0.333. The summed E-state index contributed by atoms with van der Waals surface area (Å²) in [6.07, 6.45) is 1.05. The highest BCUT2D eigenvalue weighted by Crippen LogP contribution is 2.22. The molecule has 1 atom stereocenters. The lowest BCUT2D eigenvalue weighted by atomic mass is 10.1. The van der Waals surface area contributed by atoms with E-state index in [4.69, 9.17) is 0 Å². The Balaban J connectivity index is 1.64. The molecule has 1 aromatic carbocycles. The van der Waals surface area contributed by atoms with Crippen LogP contribution in [0.25, 0.3) is 0 Å². The van der Waals surface area contributed by atoms with E-state index in [-0.39, 0.29) is 17.9 Å². The molecule has 5 heteroatoms. The number of carbonyl (C=O) groups is 2. The van der Waals surface area contributed by atoms with E-state index in [1.165, 1.54) is 5.56 Å². The van der Waals surface area contributed by atoms with Crippen LogP contribution < -0.4 is 5.32 Å². The zero-order chi connectivity index (χ0) is 16.2. The number of benzene rings is 1. The largest absolute Gasteiger partial charge is 0.349 e. The Morgan fingerprint density at radius 1 is 1.30 bits per heavy atom. The Morgan fingerprint density at radius 3 is 2.78 bits per heavy atom. The standard InChI is InChI=1S/C18H20N2O2S/c1-13-4-6-14(7-5-13)12-20-16(8-9-17(20)21)18(22)19-11-15-3-2-10-23-15/h2-7,10,16H,8-9,11-12H2,1H3,(H,19,22)/t16-/m1/s1. The van der Waals surface area contributed by atoms with Crippen molar-refractivity contribution in [2.45, 2.75) is 38.9 Å². The molecule has 0 aliphatic carbocycles. The molecule has 120 valence electrons. The number of hydrogen-bond donors (Lipinski definition) is 1. The van der Waals surface area contributed by atoms with E-state index in [2.05, 4.69) is 5.32 Å². The van der Waals surface area contributed by atoms with Crippen LogP contribution in [0.1, 0.15) is 28.8 Å². The fourth-order valence-corrected chi connectivity index (χ4v) is 3.44. The maximum atomic E-state index is 12.4. The number of likely N-dealkylation sites (tertiary alicyclic amines) is 1. The lowest BCUT2D eigenvalue weighted by molar-refractivity contribution is -0.135. The van der Waals surface area contributed by atoms with Crippen molar-refractivity contribution < 1.29 is 9.59 Å². The van der Waals surface area contributed by atoms with Crippen LogP contribution in [-0.2, 0) is 22.7 Å². The molecule has 0 radical (unpaired) electrons. The topological polar surface area (TPSA) is 49.4 Å². The molecule has 0 spiro atoms. The molecule has 2 heterocycles. The lowest BCUT2D eigenvalue weighted by Gasteiger charge is -2.24. The van der Waals surface area contributed by atoms with Gasteiger partial charge in [0.15, 0.2) is 0 Å². The van der Waals surface area contributed by atoms with Crippen LogP contribution in [0.5, 0.6) is 0 Å². The third-order valence-corrected chi connectivity index (χ3v) is 5.00. The maximum absolute atomic E-state index is 12.4. The summed E-state index contributed by atoms with van der Waals surface area (Å²) in [6.45, 7) is 3.06. The van der Waals surface area contributed by atoms with Crippen LogP contribution in [0.4, 0.5) is 0 Å². The second-order valence-electron chi connectivity index (χ2n) is 5.86. The van der Waals surface area contributed by atoms with Gasteiger partial charge < -0.3 is 10.2 Å². The average Bonchev–Trinajstić information content (AvgIpc) is 3.18. The summed E-state index contributed by atoms with van der Waals surface area (Å²) in [5.41, 5.74) is 2.24. The minimum Gasteiger partial charge on any atom is -0.349 e. The van der Waals surface area contributed by atoms with E-state index >= 15 is 0 Å². The number of amides is 2. The second-order valence-corrected chi connectivity index (χ2v) is 6.89. The van der Waals surface area contributed by atoms with Gasteiger partial charge in [-0.05, 0) is 30.4 Å². The SMILES string of the molecule is Cc1ccc(CN2C(=O)CC[C@@H]2C(=O)NCc2cccs2)cc1. The van der Waals surface area contributed by atoms with Crippen molar-refractivity contribution in [1.29, 1.82) is 0 Å². The average molecular weight is 328 g/mol. The Labute approximate surface area is 140 Å². The molecule has 1 aromatic heterocycles. The van der Waals surface area contributed by atoms with Crippen LogP contribution in [0, 0.1) is 6.92 Å². The predicted octanol–water partition coefficient (Wildman–Crippen LogP) is 2.86. The summed E-state index contributed by atoms with van der Waals surface area (Å²) in [4.78, 5) is 27.4. The highest BCUT2D eigenvalue weighted by atomic mass is 32.1. The summed E-state index contributed by atoms with van der Waals surface area (Å²) in [5.74, 6) is -0.00166. The quantitative estimate of drug-likeness (QED) is 0.917. The van der Waals surface area contributed by atoms with Crippen molar-refractivity contribution in [3.63, 3.8) is 0 Å². The summed E-state index contributed by atoms with van der Waals surface area (Å²) in [7, 11) is 0. The molecule has 1 N–H and O–H groups in total. The fourth-order valence-electron chi connectivity index (χ4n) is 2.80. The molecule has 0 unspecified atom stereocenters. The number of aryl methyl sites for hydroxylation is 1. The molecule has 4 nitrogen and oxygen atoms in total. The molecule has 1 saturated heterocycles. The molecule has 2 aromatic rings. The van der Waals surface area contributed by atoms with E-state index in [0.717, 1.165) is 10.4 Å². The van der Waals surface area contributed by atoms with E-state index in [0.29, 0.717) is 25.9 Å². The van der Waals surface area contributed by atoms with Gasteiger partial charge in [0, 0.05) is 17.8 Å². The van der Waals surface area contributed by atoms with Crippen LogP contribution >= 0.6 is 11.3 Å². The number of thiophene rings is 1. The van der Waals surface area contributed by atoms with Crippen LogP contribution in [-0.4, -0.2) is 22.8 Å². The minimum atomic E-state index is -0.358. The van der Waals surface area contributed by atoms with Crippen LogP contribution in [0.15, 0.2) is 41.8 Å². The van der Waals surface area contributed by atoms with Gasteiger partial charge >= 0.3 is 0 Å². The number of nitrogens with zero attached hydrogens (tertiary/aromatic N) is 1. The minimum absolute atomic E-state index is 0.0573. The normalized spacial score (nSPS) is 17.5. The summed E-state index contributed by atoms with van der Waals surface area (Å²) in [5, 5.41) is 4.94. The Hall–Kier alpha value is -2.14. The van der Waals surface area contributed by atoms with Crippen molar-refractivity contribution in [2.24, 2.45) is 0 Å². The zero-order valence-corrected chi connectivity index (χ0v) is 13.9. The Bertz CT molecular complexity index is 680. The van der Waals surface area contributed by atoms with Gasteiger partial charge in [-0.3, -0.25) is 9.59 Å². The first-order chi connectivity index (χ1) is 11.1. The first kappa shape index (κ1) is 15.7. The monoisotopic (exact) mass is 328 g/mol. The highest BCUT2D eigenvalue weighted by Gasteiger charge is 2.35. The smallest absolute Gasteiger partial charge is 0.243 e. The molecule has 2 amide bonds. The van der Waals surface area contributed by atoms with Gasteiger partial charge in [0.05, 0.1) is 6.54 Å². The third kappa shape index (κ3) is 3.79. The van der Waals surface area contributed by atoms with E-state index in [1.807, 2.05) is 48.7 Å². The number of nitrogens with one attached hydrogen (secondary N) is 1. The zero-order valence-electron chi connectivity index (χ0n) is 13.1. The van der Waals surface area contributed by atoms with E-state index in [1.54, 1.807) is 16.2 Å². The lowest BCUT2D eigenvalue weighted by Crippen LogP contribution is -2.44. The van der Waals surface area contributed by atoms with Crippen LogP contribution in [0.3, 0.4) is 0 Å². The molecule has 1 aliphatic heterocycles. The first-order valence-electron chi connectivity index (χ1n) is 7.78. The maximum Gasteiger partial charge on any atom is 0.243 e. The Kier molecular flexibility index (Phi) is 4.76. The summed E-state index contributed by atoms with van der Waals surface area (Å²) < 4.78 is 0. The van der Waals surface area contributed by atoms with Crippen molar-refractivity contribution >= 4 is 23.2 Å². The molecule has 23 heavy (non-hydrogen) atoms. The number of rotatable bonds is 5. The van der Waals surface area contributed by atoms with Crippen molar-refractivity contribution in [1.82, 2.24) is 10.2 Å². The molecule has 0 bridgehead atoms. The molecular formula is C18H20N2O2S. The number of carbonyl (C=O) groups excluding carboxylic acids is 2. The van der Waals surface area contributed by atoms with Crippen molar-refractivity contribution in [3.8, 4) is 0 Å². The van der Waals surface area contributed by atoms with Gasteiger partial charge in [-0.25, -0.2) is 0 Å². The molecule has 3 rings (SSSR count). The van der Waals surface area contributed by atoms with Gasteiger partial charge in [-0.2, -0.15) is 0 Å². The predicted molar refractivity (Wildman–Crippen MR) is 90.9 cm³/mol. The summed E-state index contributed by atoms with van der Waals surface area (Å²) in [6, 6.07) is 11.7. The second kappa shape index (κ2) is 6.96. The summed E-state index contributed by atoms with van der Waals surface area (Å²) >= 11 is 1.62. The third-order valence-electron chi connectivity index (χ3n) is 4.12. The van der Waals surface area contributed by atoms with E-state index < -0.39 is 0 Å². The van der Waals surface area contributed by atoms with Crippen LogP contribution in [0.2, 0.25) is 0 Å². The van der Waals surface area contributed by atoms with E-state index in [9.17, 15) is 9.59 Å². The Morgan fingerprint density at radius 2 is 2.09 bits per heavy atom. The molecule has 1 aliphatic rings. The molecule has 0 saturated carbocycles. The number of hydrogen-bond acceptors (Lipinski definition) is 3. The van der Waals surface area contributed by atoms with Gasteiger partial charge in [0.1, 0.15) is 6.04 Å². The molecular weight excluding hydrogens is 308 g/mol. The highest BCUT2D eigenvalue weighted by molar-refractivity contribution is 7.09. The van der Waals surface area contributed by atoms with Gasteiger partial charge in [0.2, 0.25) is 11.8 Å². The van der Waals surface area contributed by atoms with Crippen molar-refractivity contribution in [3.05, 3.63) is 57.8 Å².